The van der Waals surface area contributed by atoms with Crippen molar-refractivity contribution in [3.63, 3.8) is 0 Å². The molecule has 1 aliphatic rings. The maximum absolute atomic E-state index is 11.0. The second kappa shape index (κ2) is 2.92. The van der Waals surface area contributed by atoms with Gasteiger partial charge in [-0.3, -0.25) is 4.79 Å². The van der Waals surface area contributed by atoms with Crippen molar-refractivity contribution in [3.05, 3.63) is 11.6 Å². The van der Waals surface area contributed by atoms with Gasteiger partial charge in [0.2, 0.25) is 0 Å². The molecule has 0 aromatic rings. The zero-order chi connectivity index (χ0) is 9.35. The van der Waals surface area contributed by atoms with Crippen molar-refractivity contribution < 1.29 is 9.53 Å². The van der Waals surface area contributed by atoms with Gasteiger partial charge in [-0.15, -0.1) is 0 Å². The summed E-state index contributed by atoms with van der Waals surface area (Å²) in [6.45, 7) is 8.00. The molecule has 12 heavy (non-hydrogen) atoms. The van der Waals surface area contributed by atoms with Crippen LogP contribution in [0.4, 0.5) is 0 Å². The van der Waals surface area contributed by atoms with Gasteiger partial charge in [0.25, 0.3) is 0 Å². The standard InChI is InChI=1S/C10H16O2/c1-7(2)5-8-6-9(11)12-10(8,3)4/h5,8H,6H2,1-4H3. The molecule has 0 saturated carbocycles. The lowest BCUT2D eigenvalue weighted by molar-refractivity contribution is -0.146. The summed E-state index contributed by atoms with van der Waals surface area (Å²) in [7, 11) is 0. The summed E-state index contributed by atoms with van der Waals surface area (Å²) in [5, 5.41) is 0. The van der Waals surface area contributed by atoms with Crippen molar-refractivity contribution >= 4 is 5.97 Å². The largest absolute Gasteiger partial charge is 0.459 e. The van der Waals surface area contributed by atoms with E-state index in [4.69, 9.17) is 4.74 Å². The average molecular weight is 168 g/mol. The van der Waals surface area contributed by atoms with Gasteiger partial charge in [-0.1, -0.05) is 11.6 Å². The molecule has 0 aromatic carbocycles. The van der Waals surface area contributed by atoms with E-state index in [1.54, 1.807) is 0 Å². The molecule has 0 amide bonds. The highest BCUT2D eigenvalue weighted by atomic mass is 16.6. The number of hydrogen-bond acceptors (Lipinski definition) is 2. The number of ether oxygens (including phenoxy) is 1. The quantitative estimate of drug-likeness (QED) is 0.443. The summed E-state index contributed by atoms with van der Waals surface area (Å²) in [6.07, 6.45) is 2.64. The number of carbonyl (C=O) groups is 1. The van der Waals surface area contributed by atoms with Crippen LogP contribution in [-0.4, -0.2) is 11.6 Å². The van der Waals surface area contributed by atoms with Crippen molar-refractivity contribution in [1.29, 1.82) is 0 Å². The van der Waals surface area contributed by atoms with Crippen molar-refractivity contribution in [2.24, 2.45) is 5.92 Å². The zero-order valence-electron chi connectivity index (χ0n) is 8.18. The topological polar surface area (TPSA) is 26.3 Å². The Morgan fingerprint density at radius 2 is 2.17 bits per heavy atom. The van der Waals surface area contributed by atoms with E-state index < -0.39 is 0 Å². The van der Waals surface area contributed by atoms with Crippen LogP contribution < -0.4 is 0 Å². The predicted molar refractivity (Wildman–Crippen MR) is 47.7 cm³/mol. The van der Waals surface area contributed by atoms with Crippen LogP contribution >= 0.6 is 0 Å². The second-order valence-electron chi connectivity index (χ2n) is 4.13. The first kappa shape index (κ1) is 9.30. The van der Waals surface area contributed by atoms with Gasteiger partial charge >= 0.3 is 5.97 Å². The zero-order valence-corrected chi connectivity index (χ0v) is 8.18. The van der Waals surface area contributed by atoms with Crippen LogP contribution in [0.2, 0.25) is 0 Å². The van der Waals surface area contributed by atoms with E-state index >= 15 is 0 Å². The van der Waals surface area contributed by atoms with E-state index in [9.17, 15) is 4.79 Å². The van der Waals surface area contributed by atoms with Gasteiger partial charge < -0.3 is 4.74 Å². The van der Waals surface area contributed by atoms with Crippen LogP contribution in [0.25, 0.3) is 0 Å². The number of esters is 1. The summed E-state index contributed by atoms with van der Waals surface area (Å²) < 4.78 is 5.18. The van der Waals surface area contributed by atoms with Crippen LogP contribution in [0.1, 0.15) is 34.1 Å². The highest BCUT2D eigenvalue weighted by Crippen LogP contribution is 2.33. The molecule has 1 rings (SSSR count). The highest BCUT2D eigenvalue weighted by molar-refractivity contribution is 5.73. The molecule has 2 nitrogen and oxygen atoms in total. The summed E-state index contributed by atoms with van der Waals surface area (Å²) in [6, 6.07) is 0. The molecule has 1 atom stereocenters. The fourth-order valence-corrected chi connectivity index (χ4v) is 1.50. The molecule has 0 bridgehead atoms. The van der Waals surface area contributed by atoms with Gasteiger partial charge in [0, 0.05) is 5.92 Å². The minimum Gasteiger partial charge on any atom is -0.459 e. The van der Waals surface area contributed by atoms with E-state index in [0.717, 1.165) is 0 Å². The first-order chi connectivity index (χ1) is 5.42. The van der Waals surface area contributed by atoms with Crippen molar-refractivity contribution in [3.8, 4) is 0 Å². The van der Waals surface area contributed by atoms with Crippen LogP contribution in [0, 0.1) is 5.92 Å². The van der Waals surface area contributed by atoms with Gasteiger partial charge in [-0.2, -0.15) is 0 Å². The second-order valence-corrected chi connectivity index (χ2v) is 4.13. The van der Waals surface area contributed by atoms with E-state index in [1.165, 1.54) is 5.57 Å². The molecule has 1 heterocycles. The molecule has 1 unspecified atom stereocenters. The van der Waals surface area contributed by atoms with Crippen molar-refractivity contribution in [2.75, 3.05) is 0 Å². The Morgan fingerprint density at radius 1 is 1.58 bits per heavy atom. The van der Waals surface area contributed by atoms with E-state index in [2.05, 4.69) is 6.08 Å². The Balaban J connectivity index is 2.78. The van der Waals surface area contributed by atoms with Crippen LogP contribution in [0.15, 0.2) is 11.6 Å². The monoisotopic (exact) mass is 168 g/mol. The molecule has 1 aliphatic heterocycles. The van der Waals surface area contributed by atoms with E-state index in [-0.39, 0.29) is 17.5 Å². The van der Waals surface area contributed by atoms with Crippen molar-refractivity contribution in [2.45, 2.75) is 39.7 Å². The molecule has 0 aromatic heterocycles. The van der Waals surface area contributed by atoms with E-state index in [0.29, 0.717) is 6.42 Å². The molecule has 0 aliphatic carbocycles. The van der Waals surface area contributed by atoms with Crippen LogP contribution in [0.5, 0.6) is 0 Å². The molecular weight excluding hydrogens is 152 g/mol. The number of rotatable bonds is 1. The maximum atomic E-state index is 11.0. The SMILES string of the molecule is CC(C)=CC1CC(=O)OC1(C)C. The number of allylic oxidation sites excluding steroid dienone is 1. The molecule has 2 heteroatoms. The van der Waals surface area contributed by atoms with E-state index in [1.807, 2.05) is 27.7 Å². The Bertz CT molecular complexity index is 222. The Hall–Kier alpha value is -0.790. The third kappa shape index (κ3) is 1.87. The molecule has 68 valence electrons. The summed E-state index contributed by atoms with van der Waals surface area (Å²) in [5.41, 5.74) is 0.931. The van der Waals surface area contributed by atoms with Crippen LogP contribution in [-0.2, 0) is 9.53 Å². The Kier molecular flexibility index (Phi) is 2.27. The smallest absolute Gasteiger partial charge is 0.307 e. The lowest BCUT2D eigenvalue weighted by atomic mass is 9.89. The maximum Gasteiger partial charge on any atom is 0.307 e. The molecule has 0 spiro atoms. The first-order valence-corrected chi connectivity index (χ1v) is 4.28. The molecule has 1 saturated heterocycles. The normalized spacial score (nSPS) is 26.7. The van der Waals surface area contributed by atoms with Crippen LogP contribution in [0.3, 0.4) is 0 Å². The summed E-state index contributed by atoms with van der Waals surface area (Å²) >= 11 is 0. The fraction of sp³-hybridized carbons (Fsp3) is 0.700. The highest BCUT2D eigenvalue weighted by Gasteiger charge is 2.39. The predicted octanol–water partition coefficient (Wildman–Crippen LogP) is 2.29. The first-order valence-electron chi connectivity index (χ1n) is 4.28. The lowest BCUT2D eigenvalue weighted by Gasteiger charge is -2.22. The molecule has 0 radical (unpaired) electrons. The fourth-order valence-electron chi connectivity index (χ4n) is 1.50. The minimum absolute atomic E-state index is 0.0810. The third-order valence-corrected chi connectivity index (χ3v) is 2.19. The average Bonchev–Trinajstić information content (AvgIpc) is 2.04. The Morgan fingerprint density at radius 3 is 2.50 bits per heavy atom. The lowest BCUT2D eigenvalue weighted by Crippen LogP contribution is -2.26. The van der Waals surface area contributed by atoms with Gasteiger partial charge in [0.1, 0.15) is 5.60 Å². The van der Waals surface area contributed by atoms with Gasteiger partial charge in [-0.05, 0) is 27.7 Å². The Labute approximate surface area is 73.6 Å². The molecular formula is C10H16O2. The third-order valence-electron chi connectivity index (χ3n) is 2.19. The van der Waals surface area contributed by atoms with Gasteiger partial charge in [0.05, 0.1) is 6.42 Å². The summed E-state index contributed by atoms with van der Waals surface area (Å²) in [5.74, 6) is 0.164. The number of carbonyl (C=O) groups excluding carboxylic acids is 1. The molecule has 1 fully saturated rings. The van der Waals surface area contributed by atoms with Gasteiger partial charge in [-0.25, -0.2) is 0 Å². The number of hydrogen-bond donors (Lipinski definition) is 0. The minimum atomic E-state index is -0.311. The van der Waals surface area contributed by atoms with Crippen molar-refractivity contribution in [1.82, 2.24) is 0 Å². The summed E-state index contributed by atoms with van der Waals surface area (Å²) in [4.78, 5) is 11.0. The molecule has 0 N–H and O–H groups in total. The van der Waals surface area contributed by atoms with Gasteiger partial charge in [0.15, 0.2) is 0 Å². The number of cyclic esters (lactones) is 1.